The molecule has 13 heteroatoms. The maximum absolute atomic E-state index is 12.6. The highest BCUT2D eigenvalue weighted by Gasteiger charge is 2.36. The summed E-state index contributed by atoms with van der Waals surface area (Å²) in [4.78, 5) is 36.1. The Morgan fingerprint density at radius 2 is 1.92 bits per heavy atom. The van der Waals surface area contributed by atoms with E-state index in [0.29, 0.717) is 25.1 Å². The molecule has 0 atom stereocenters. The first kappa shape index (κ1) is 25.6. The van der Waals surface area contributed by atoms with Crippen molar-refractivity contribution in [1.82, 2.24) is 24.9 Å². The highest BCUT2D eigenvalue weighted by molar-refractivity contribution is 5.85. The summed E-state index contributed by atoms with van der Waals surface area (Å²) in [5, 5.41) is 3.26. The van der Waals surface area contributed by atoms with Crippen molar-refractivity contribution in [3.63, 3.8) is 0 Å². The summed E-state index contributed by atoms with van der Waals surface area (Å²) in [7, 11) is 0. The minimum Gasteiger partial charge on any atom is -0.436 e. The van der Waals surface area contributed by atoms with E-state index in [2.05, 4.69) is 39.0 Å². The minimum atomic E-state index is -4.62. The fourth-order valence-electron chi connectivity index (χ4n) is 4.43. The quantitative estimate of drug-likeness (QED) is 0.405. The van der Waals surface area contributed by atoms with Crippen LogP contribution in [0.5, 0.6) is 11.6 Å². The van der Waals surface area contributed by atoms with Crippen molar-refractivity contribution in [2.45, 2.75) is 64.3 Å². The first-order chi connectivity index (χ1) is 18.2. The van der Waals surface area contributed by atoms with E-state index < -0.39 is 12.0 Å². The second kappa shape index (κ2) is 10.4. The number of anilines is 3. The largest absolute Gasteiger partial charge is 0.451 e. The molecule has 4 heterocycles. The van der Waals surface area contributed by atoms with E-state index in [9.17, 15) is 18.0 Å². The average Bonchev–Trinajstić information content (AvgIpc) is 3.72. The molecule has 10 nitrogen and oxygen atoms in total. The molecule has 3 aromatic rings. The molecule has 1 aliphatic heterocycles. The van der Waals surface area contributed by atoms with E-state index in [1.807, 2.05) is 0 Å². The van der Waals surface area contributed by atoms with Gasteiger partial charge in [0.1, 0.15) is 5.69 Å². The summed E-state index contributed by atoms with van der Waals surface area (Å²) >= 11 is 0. The molecule has 38 heavy (non-hydrogen) atoms. The van der Waals surface area contributed by atoms with Gasteiger partial charge in [0, 0.05) is 37.4 Å². The van der Waals surface area contributed by atoms with Gasteiger partial charge in [-0.25, -0.2) is 19.9 Å². The van der Waals surface area contributed by atoms with Gasteiger partial charge >= 0.3 is 6.18 Å². The standard InChI is InChI=1S/C25H27F3N8O2/c1-15(2)36(17-6-7-17)22-21-19(4-3-9-35(21)14-37)33-24(34-22)32-11-16-5-8-20(29-10-16)38-18-12-30-23(31-13-18)25(26,27)28/h5,8,10,12-15,17H,3-4,6-7,9,11H2,1-2H3,(H,32,33,34). The molecular weight excluding hydrogens is 501 g/mol. The first-order valence-corrected chi connectivity index (χ1v) is 12.4. The number of rotatable bonds is 9. The van der Waals surface area contributed by atoms with E-state index in [1.54, 1.807) is 23.2 Å². The van der Waals surface area contributed by atoms with Crippen molar-refractivity contribution in [1.29, 1.82) is 0 Å². The second-order valence-corrected chi connectivity index (χ2v) is 9.50. The van der Waals surface area contributed by atoms with Crippen LogP contribution >= 0.6 is 0 Å². The zero-order chi connectivity index (χ0) is 26.9. The van der Waals surface area contributed by atoms with Crippen LogP contribution in [-0.2, 0) is 23.9 Å². The molecule has 1 saturated carbocycles. The van der Waals surface area contributed by atoms with Crippen molar-refractivity contribution >= 4 is 23.9 Å². The number of nitrogens with zero attached hydrogens (tertiary/aromatic N) is 7. The molecule has 2 aliphatic rings. The third-order valence-corrected chi connectivity index (χ3v) is 6.26. The van der Waals surface area contributed by atoms with E-state index in [1.165, 1.54) is 0 Å². The van der Waals surface area contributed by atoms with Crippen LogP contribution in [0.25, 0.3) is 0 Å². The number of amides is 1. The third kappa shape index (κ3) is 5.60. The van der Waals surface area contributed by atoms with E-state index in [4.69, 9.17) is 14.7 Å². The summed E-state index contributed by atoms with van der Waals surface area (Å²) in [6.45, 7) is 5.28. The Morgan fingerprint density at radius 3 is 2.53 bits per heavy atom. The molecule has 0 radical (unpaired) electrons. The Morgan fingerprint density at radius 1 is 1.16 bits per heavy atom. The lowest BCUT2D eigenvalue weighted by atomic mass is 10.1. The lowest BCUT2D eigenvalue weighted by Crippen LogP contribution is -2.38. The molecule has 1 amide bonds. The molecule has 3 aromatic heterocycles. The molecular formula is C25H27F3N8O2. The lowest BCUT2D eigenvalue weighted by molar-refractivity contribution is -0.145. The zero-order valence-corrected chi connectivity index (χ0v) is 20.9. The molecule has 0 saturated heterocycles. The molecule has 1 aliphatic carbocycles. The van der Waals surface area contributed by atoms with Crippen LogP contribution in [0.3, 0.4) is 0 Å². The van der Waals surface area contributed by atoms with E-state index >= 15 is 0 Å². The molecule has 0 bridgehead atoms. The minimum absolute atomic E-state index is 0.0427. The Bertz CT molecular complexity index is 1280. The summed E-state index contributed by atoms with van der Waals surface area (Å²) in [6.07, 6.45) is 3.52. The zero-order valence-electron chi connectivity index (χ0n) is 20.9. The van der Waals surface area contributed by atoms with Gasteiger partial charge < -0.3 is 19.9 Å². The number of ether oxygens (including phenoxy) is 1. The molecule has 1 fully saturated rings. The van der Waals surface area contributed by atoms with Crippen molar-refractivity contribution in [3.8, 4) is 11.6 Å². The predicted molar refractivity (Wildman–Crippen MR) is 133 cm³/mol. The number of hydrogen-bond acceptors (Lipinski definition) is 9. The first-order valence-electron chi connectivity index (χ1n) is 12.4. The number of halogens is 3. The molecule has 0 aromatic carbocycles. The number of alkyl halides is 3. The van der Waals surface area contributed by atoms with Gasteiger partial charge in [0.05, 0.1) is 18.1 Å². The molecule has 0 unspecified atom stereocenters. The Kier molecular flexibility index (Phi) is 7.00. The molecule has 1 N–H and O–H groups in total. The van der Waals surface area contributed by atoms with Gasteiger partial charge in [-0.15, -0.1) is 0 Å². The number of aryl methyl sites for hydroxylation is 1. The maximum atomic E-state index is 12.6. The van der Waals surface area contributed by atoms with Crippen LogP contribution in [0.4, 0.5) is 30.6 Å². The Hall–Kier alpha value is -4.03. The Balaban J connectivity index is 1.30. The van der Waals surface area contributed by atoms with Crippen molar-refractivity contribution in [2.75, 3.05) is 21.7 Å². The van der Waals surface area contributed by atoms with Gasteiger partial charge in [0.15, 0.2) is 11.6 Å². The number of fused-ring (bicyclic) bond motifs is 1. The summed E-state index contributed by atoms with van der Waals surface area (Å²) in [5.74, 6) is 0.248. The number of hydrogen-bond donors (Lipinski definition) is 1. The smallest absolute Gasteiger partial charge is 0.436 e. The van der Waals surface area contributed by atoms with Crippen LogP contribution in [0.15, 0.2) is 30.7 Å². The van der Waals surface area contributed by atoms with Crippen LogP contribution < -0.4 is 19.9 Å². The number of carbonyl (C=O) groups is 1. The fraction of sp³-hybridized carbons (Fsp3) is 0.440. The highest BCUT2D eigenvalue weighted by atomic mass is 19.4. The topological polar surface area (TPSA) is 109 Å². The number of nitrogens with one attached hydrogen (secondary N) is 1. The molecule has 0 spiro atoms. The number of aromatic nitrogens is 5. The summed E-state index contributed by atoms with van der Waals surface area (Å²) in [5.41, 5.74) is 2.47. The highest BCUT2D eigenvalue weighted by Crippen LogP contribution is 2.41. The number of pyridine rings is 1. The monoisotopic (exact) mass is 528 g/mol. The van der Waals surface area contributed by atoms with Gasteiger partial charge in [0.25, 0.3) is 0 Å². The summed E-state index contributed by atoms with van der Waals surface area (Å²) in [6, 6.07) is 4.00. The Labute approximate surface area is 217 Å². The SMILES string of the molecule is CC(C)N(c1nc(NCc2ccc(Oc3cnc(C(F)(F)F)nc3)nc2)nc2c1N(C=O)CCC2)C1CC1. The predicted octanol–water partition coefficient (Wildman–Crippen LogP) is 4.37. The van der Waals surface area contributed by atoms with Crippen LogP contribution in [0.1, 0.15) is 50.2 Å². The van der Waals surface area contributed by atoms with Gasteiger partial charge in [-0.3, -0.25) is 4.79 Å². The van der Waals surface area contributed by atoms with Crippen molar-refractivity contribution < 1.29 is 22.7 Å². The normalized spacial score (nSPS) is 15.3. The van der Waals surface area contributed by atoms with Crippen molar-refractivity contribution in [3.05, 3.63) is 47.8 Å². The van der Waals surface area contributed by atoms with Crippen LogP contribution in [0, 0.1) is 0 Å². The summed E-state index contributed by atoms with van der Waals surface area (Å²) < 4.78 is 43.3. The van der Waals surface area contributed by atoms with Crippen LogP contribution in [0.2, 0.25) is 0 Å². The van der Waals surface area contributed by atoms with E-state index in [0.717, 1.165) is 67.2 Å². The van der Waals surface area contributed by atoms with Gasteiger partial charge in [-0.05, 0) is 45.1 Å². The second-order valence-electron chi connectivity index (χ2n) is 9.50. The van der Waals surface area contributed by atoms with Crippen LogP contribution in [-0.4, -0.2) is 50.0 Å². The van der Waals surface area contributed by atoms with Crippen molar-refractivity contribution in [2.24, 2.45) is 0 Å². The maximum Gasteiger partial charge on any atom is 0.451 e. The average molecular weight is 529 g/mol. The van der Waals surface area contributed by atoms with Gasteiger partial charge in [-0.2, -0.15) is 18.2 Å². The van der Waals surface area contributed by atoms with E-state index in [-0.39, 0.29) is 17.7 Å². The van der Waals surface area contributed by atoms with Gasteiger partial charge in [-0.1, -0.05) is 6.07 Å². The molecule has 200 valence electrons. The fourth-order valence-corrected chi connectivity index (χ4v) is 4.43. The third-order valence-electron chi connectivity index (χ3n) is 6.26. The lowest BCUT2D eigenvalue weighted by Gasteiger charge is -2.35. The number of carbonyl (C=O) groups excluding carboxylic acids is 1. The molecule has 5 rings (SSSR count). The van der Waals surface area contributed by atoms with Gasteiger partial charge in [0.2, 0.25) is 24.1 Å².